The van der Waals surface area contributed by atoms with E-state index in [4.69, 9.17) is 21.4 Å². The van der Waals surface area contributed by atoms with Gasteiger partial charge >= 0.3 is 5.97 Å². The van der Waals surface area contributed by atoms with Crippen molar-refractivity contribution in [2.45, 2.75) is 6.92 Å². The van der Waals surface area contributed by atoms with Crippen molar-refractivity contribution in [1.82, 2.24) is 10.2 Å². The molecule has 1 aromatic heterocycles. The highest BCUT2D eigenvalue weighted by Gasteiger charge is 2.10. The summed E-state index contributed by atoms with van der Waals surface area (Å²) in [5.41, 5.74) is 0.107. The maximum absolute atomic E-state index is 10.7. The average Bonchev–Trinajstić information content (AvgIpc) is 2.67. The van der Waals surface area contributed by atoms with Gasteiger partial charge in [0.25, 0.3) is 5.19 Å². The summed E-state index contributed by atoms with van der Waals surface area (Å²) in [6.07, 6.45) is 0. The zero-order valence-electron chi connectivity index (χ0n) is 8.68. The highest BCUT2D eigenvalue weighted by atomic mass is 35.5. The molecule has 0 radical (unpaired) electrons. The summed E-state index contributed by atoms with van der Waals surface area (Å²) < 4.78 is 5.38. The number of hydrogen-bond donors (Lipinski definition) is 1. The number of nitrogens with zero attached hydrogens (tertiary/aromatic N) is 2. The first kappa shape index (κ1) is 11.8. The number of halogens is 1. The Morgan fingerprint density at radius 3 is 2.76 bits per heavy atom. The van der Waals surface area contributed by atoms with Crippen LogP contribution >= 0.6 is 22.9 Å². The number of aromatic nitrogens is 2. The van der Waals surface area contributed by atoms with Crippen LogP contribution in [0, 0.1) is 6.92 Å². The van der Waals surface area contributed by atoms with Crippen LogP contribution < -0.4 is 4.74 Å². The van der Waals surface area contributed by atoms with Gasteiger partial charge in [0.15, 0.2) is 0 Å². The van der Waals surface area contributed by atoms with Gasteiger partial charge in [0.2, 0.25) is 0 Å². The molecule has 0 unspecified atom stereocenters. The van der Waals surface area contributed by atoms with E-state index in [1.807, 2.05) is 0 Å². The number of carboxylic acids is 1. The van der Waals surface area contributed by atoms with E-state index in [1.54, 1.807) is 6.92 Å². The summed E-state index contributed by atoms with van der Waals surface area (Å²) in [6.45, 7) is 1.81. The predicted octanol–water partition coefficient (Wildman–Crippen LogP) is 2.99. The molecule has 0 aliphatic carbocycles. The number of hydrogen-bond acceptors (Lipinski definition) is 5. The van der Waals surface area contributed by atoms with Crippen LogP contribution in [0.15, 0.2) is 18.2 Å². The molecule has 5 nitrogen and oxygen atoms in total. The molecule has 7 heteroatoms. The zero-order chi connectivity index (χ0) is 12.4. The van der Waals surface area contributed by atoms with E-state index in [1.165, 1.54) is 29.5 Å². The topological polar surface area (TPSA) is 72.3 Å². The fourth-order valence-electron chi connectivity index (χ4n) is 1.13. The van der Waals surface area contributed by atoms with Gasteiger partial charge in [-0.2, -0.15) is 0 Å². The van der Waals surface area contributed by atoms with Gasteiger partial charge in [0.1, 0.15) is 10.8 Å². The monoisotopic (exact) mass is 270 g/mol. The van der Waals surface area contributed by atoms with Crippen molar-refractivity contribution in [3.05, 3.63) is 33.8 Å². The van der Waals surface area contributed by atoms with Crippen LogP contribution in [-0.2, 0) is 0 Å². The standard InChI is InChI=1S/C10H7ClN2O3S/c1-5-12-13-10(17-5)16-8-3-2-6(9(14)15)4-7(8)11/h2-4H,1H3,(H,14,15). The molecule has 2 aromatic rings. The lowest BCUT2D eigenvalue weighted by Crippen LogP contribution is -1.96. The minimum Gasteiger partial charge on any atom is -0.478 e. The molecule has 0 saturated carbocycles. The number of benzene rings is 1. The largest absolute Gasteiger partial charge is 0.478 e. The van der Waals surface area contributed by atoms with Gasteiger partial charge in [-0.05, 0) is 25.1 Å². The lowest BCUT2D eigenvalue weighted by atomic mass is 10.2. The molecule has 0 spiro atoms. The molecule has 0 aliphatic heterocycles. The first-order chi connectivity index (χ1) is 8.06. The van der Waals surface area contributed by atoms with Crippen LogP contribution in [-0.4, -0.2) is 21.3 Å². The van der Waals surface area contributed by atoms with Crippen molar-refractivity contribution in [3.63, 3.8) is 0 Å². The van der Waals surface area contributed by atoms with Crippen LogP contribution in [0.5, 0.6) is 10.9 Å². The minimum atomic E-state index is -1.04. The maximum atomic E-state index is 10.7. The van der Waals surface area contributed by atoms with Gasteiger partial charge in [-0.15, -0.1) is 5.10 Å². The lowest BCUT2D eigenvalue weighted by Gasteiger charge is -2.04. The smallest absolute Gasteiger partial charge is 0.335 e. The molecular weight excluding hydrogens is 264 g/mol. The molecule has 0 aliphatic rings. The first-order valence-electron chi connectivity index (χ1n) is 4.57. The van der Waals surface area contributed by atoms with Crippen molar-refractivity contribution < 1.29 is 14.6 Å². The highest BCUT2D eigenvalue weighted by molar-refractivity contribution is 7.13. The number of ether oxygens (including phenoxy) is 1. The Balaban J connectivity index is 2.25. The Morgan fingerprint density at radius 2 is 2.24 bits per heavy atom. The predicted molar refractivity (Wildman–Crippen MR) is 63.1 cm³/mol. The minimum absolute atomic E-state index is 0.107. The van der Waals surface area contributed by atoms with Gasteiger partial charge in [-0.25, -0.2) is 4.79 Å². The Morgan fingerprint density at radius 1 is 1.47 bits per heavy atom. The summed E-state index contributed by atoms with van der Waals surface area (Å²) in [5.74, 6) is -0.682. The Kier molecular flexibility index (Phi) is 3.26. The lowest BCUT2D eigenvalue weighted by molar-refractivity contribution is 0.0697. The quantitative estimate of drug-likeness (QED) is 0.928. The molecule has 17 heavy (non-hydrogen) atoms. The van der Waals surface area contributed by atoms with Crippen LogP contribution in [0.2, 0.25) is 5.02 Å². The van der Waals surface area contributed by atoms with E-state index < -0.39 is 5.97 Å². The summed E-state index contributed by atoms with van der Waals surface area (Å²) in [4.78, 5) is 10.7. The molecule has 1 aromatic carbocycles. The third kappa shape index (κ3) is 2.72. The van der Waals surface area contributed by atoms with Gasteiger partial charge < -0.3 is 9.84 Å². The second-order valence-corrected chi connectivity index (χ2v) is 4.69. The van der Waals surface area contributed by atoms with Gasteiger partial charge in [-0.3, -0.25) is 0 Å². The van der Waals surface area contributed by atoms with Crippen LogP contribution in [0.25, 0.3) is 0 Å². The molecule has 1 heterocycles. The van der Waals surface area contributed by atoms with Gasteiger partial charge in [0.05, 0.1) is 10.6 Å². The van der Waals surface area contributed by atoms with Crippen molar-refractivity contribution in [2.75, 3.05) is 0 Å². The summed E-state index contributed by atoms with van der Waals surface area (Å²) >= 11 is 7.18. The molecule has 0 saturated heterocycles. The molecular formula is C10H7ClN2O3S. The summed E-state index contributed by atoms with van der Waals surface area (Å²) in [7, 11) is 0. The molecule has 1 N–H and O–H groups in total. The maximum Gasteiger partial charge on any atom is 0.335 e. The number of aryl methyl sites for hydroxylation is 1. The van der Waals surface area contributed by atoms with Crippen LogP contribution in [0.4, 0.5) is 0 Å². The van der Waals surface area contributed by atoms with Crippen molar-refractivity contribution in [1.29, 1.82) is 0 Å². The van der Waals surface area contributed by atoms with E-state index in [2.05, 4.69) is 10.2 Å². The molecule has 0 amide bonds. The second-order valence-electron chi connectivity index (χ2n) is 3.14. The number of aromatic carboxylic acids is 1. The normalized spacial score (nSPS) is 10.2. The number of carboxylic acid groups (broad SMARTS) is 1. The Labute approximate surface area is 106 Å². The SMILES string of the molecule is Cc1nnc(Oc2ccc(C(=O)O)cc2Cl)s1. The van der Waals surface area contributed by atoms with Crippen molar-refractivity contribution in [2.24, 2.45) is 0 Å². The second kappa shape index (κ2) is 4.68. The Hall–Kier alpha value is -1.66. The van der Waals surface area contributed by atoms with E-state index >= 15 is 0 Å². The molecule has 2 rings (SSSR count). The summed E-state index contributed by atoms with van der Waals surface area (Å²) in [6, 6.07) is 4.23. The van der Waals surface area contributed by atoms with Crippen LogP contribution in [0.3, 0.4) is 0 Å². The van der Waals surface area contributed by atoms with Crippen molar-refractivity contribution in [3.8, 4) is 10.9 Å². The third-order valence-electron chi connectivity index (χ3n) is 1.88. The van der Waals surface area contributed by atoms with E-state index in [0.717, 1.165) is 5.01 Å². The first-order valence-corrected chi connectivity index (χ1v) is 5.76. The molecule has 0 atom stereocenters. The fraction of sp³-hybridized carbons (Fsp3) is 0.100. The van der Waals surface area contributed by atoms with E-state index in [9.17, 15) is 4.79 Å². The zero-order valence-corrected chi connectivity index (χ0v) is 10.2. The average molecular weight is 271 g/mol. The fourth-order valence-corrected chi connectivity index (χ4v) is 1.90. The summed E-state index contributed by atoms with van der Waals surface area (Å²) in [5, 5.41) is 17.7. The van der Waals surface area contributed by atoms with E-state index in [0.29, 0.717) is 10.9 Å². The van der Waals surface area contributed by atoms with Crippen molar-refractivity contribution >= 4 is 28.9 Å². The Bertz CT molecular complexity index is 570. The highest BCUT2D eigenvalue weighted by Crippen LogP contribution is 2.31. The van der Waals surface area contributed by atoms with Crippen LogP contribution in [0.1, 0.15) is 15.4 Å². The molecule has 0 fully saturated rings. The number of carbonyl (C=O) groups is 1. The molecule has 0 bridgehead atoms. The third-order valence-corrected chi connectivity index (χ3v) is 2.90. The number of rotatable bonds is 3. The van der Waals surface area contributed by atoms with Gasteiger partial charge in [-0.1, -0.05) is 28.0 Å². The van der Waals surface area contributed by atoms with E-state index in [-0.39, 0.29) is 10.6 Å². The van der Waals surface area contributed by atoms with Gasteiger partial charge in [0, 0.05) is 0 Å². The molecule has 88 valence electrons.